The van der Waals surface area contributed by atoms with Crippen LogP contribution < -0.4 is 5.32 Å². The number of aryl methyl sites for hydroxylation is 2. The van der Waals surface area contributed by atoms with Crippen LogP contribution in [0.1, 0.15) is 24.0 Å². The van der Waals surface area contributed by atoms with Crippen LogP contribution in [0.5, 0.6) is 0 Å². The first-order valence-corrected chi connectivity index (χ1v) is 7.53. The zero-order valence-electron chi connectivity index (χ0n) is 12.4. The van der Waals surface area contributed by atoms with Crippen molar-refractivity contribution >= 4 is 16.6 Å². The largest absolute Gasteiger partial charge is 0.384 e. The lowest BCUT2D eigenvalue weighted by Gasteiger charge is -2.19. The molecule has 2 heterocycles. The molecule has 0 fully saturated rings. The Morgan fingerprint density at radius 3 is 3.05 bits per heavy atom. The molecule has 0 aliphatic carbocycles. The van der Waals surface area contributed by atoms with Gasteiger partial charge in [-0.15, -0.1) is 0 Å². The molecule has 3 nitrogen and oxygen atoms in total. The number of pyridine rings is 1. The quantitative estimate of drug-likeness (QED) is 0.924. The summed E-state index contributed by atoms with van der Waals surface area (Å²) < 4.78 is 0. The summed E-state index contributed by atoms with van der Waals surface area (Å²) in [5.74, 6) is 0. The summed E-state index contributed by atoms with van der Waals surface area (Å²) in [4.78, 5) is 6.84. The number of fused-ring (bicyclic) bond motifs is 3. The first-order chi connectivity index (χ1) is 9.74. The SMILES string of the molecule is CN(C)CCCc1ccc2ncc3c(c2c1)NCCC3. The lowest BCUT2D eigenvalue weighted by atomic mass is 9.99. The number of aromatic nitrogens is 1. The van der Waals surface area contributed by atoms with Gasteiger partial charge in [0.15, 0.2) is 0 Å². The molecule has 0 saturated carbocycles. The van der Waals surface area contributed by atoms with E-state index >= 15 is 0 Å². The summed E-state index contributed by atoms with van der Waals surface area (Å²) in [6.45, 7) is 2.22. The summed E-state index contributed by atoms with van der Waals surface area (Å²) in [5, 5.41) is 4.85. The number of hydrogen-bond donors (Lipinski definition) is 1. The number of anilines is 1. The van der Waals surface area contributed by atoms with Gasteiger partial charge in [0.1, 0.15) is 0 Å². The van der Waals surface area contributed by atoms with E-state index in [1.165, 1.54) is 35.0 Å². The fraction of sp³-hybridized carbons (Fsp3) is 0.471. The van der Waals surface area contributed by atoms with E-state index in [1.807, 2.05) is 6.20 Å². The highest BCUT2D eigenvalue weighted by Gasteiger charge is 2.12. The zero-order valence-corrected chi connectivity index (χ0v) is 12.4. The van der Waals surface area contributed by atoms with Crippen molar-refractivity contribution in [3.05, 3.63) is 35.5 Å². The Morgan fingerprint density at radius 2 is 2.20 bits per heavy atom. The van der Waals surface area contributed by atoms with Crippen molar-refractivity contribution < 1.29 is 0 Å². The Labute approximate surface area is 121 Å². The van der Waals surface area contributed by atoms with Crippen molar-refractivity contribution in [1.82, 2.24) is 9.88 Å². The summed E-state index contributed by atoms with van der Waals surface area (Å²) in [6.07, 6.45) is 6.74. The maximum Gasteiger partial charge on any atom is 0.0723 e. The minimum Gasteiger partial charge on any atom is -0.384 e. The Hall–Kier alpha value is -1.61. The number of hydrogen-bond acceptors (Lipinski definition) is 3. The van der Waals surface area contributed by atoms with Crippen LogP contribution >= 0.6 is 0 Å². The number of nitrogens with one attached hydrogen (secondary N) is 1. The first kappa shape index (κ1) is 13.4. The number of rotatable bonds is 4. The molecule has 20 heavy (non-hydrogen) atoms. The first-order valence-electron chi connectivity index (χ1n) is 7.53. The molecule has 1 aromatic carbocycles. The molecule has 1 aliphatic rings. The average molecular weight is 269 g/mol. The van der Waals surface area contributed by atoms with Crippen LogP contribution in [0.3, 0.4) is 0 Å². The predicted octanol–water partition coefficient (Wildman–Crippen LogP) is 3.09. The molecule has 0 radical (unpaired) electrons. The van der Waals surface area contributed by atoms with Crippen molar-refractivity contribution in [3.63, 3.8) is 0 Å². The third-order valence-corrected chi connectivity index (χ3v) is 4.01. The Balaban J connectivity index is 1.89. The van der Waals surface area contributed by atoms with Crippen LogP contribution in [0, 0.1) is 0 Å². The molecule has 2 aromatic rings. The van der Waals surface area contributed by atoms with Crippen LogP contribution in [0.4, 0.5) is 5.69 Å². The number of nitrogens with zero attached hydrogens (tertiary/aromatic N) is 2. The minimum absolute atomic E-state index is 1.08. The average Bonchev–Trinajstić information content (AvgIpc) is 2.47. The second kappa shape index (κ2) is 5.80. The molecule has 0 bridgehead atoms. The van der Waals surface area contributed by atoms with Gasteiger partial charge >= 0.3 is 0 Å². The maximum absolute atomic E-state index is 4.60. The summed E-state index contributed by atoms with van der Waals surface area (Å²) in [6, 6.07) is 6.71. The van der Waals surface area contributed by atoms with Crippen LogP contribution in [0.25, 0.3) is 10.9 Å². The molecule has 106 valence electrons. The van der Waals surface area contributed by atoms with E-state index in [2.05, 4.69) is 47.5 Å². The van der Waals surface area contributed by atoms with Gasteiger partial charge < -0.3 is 10.2 Å². The molecule has 0 spiro atoms. The Bertz CT molecular complexity index is 604. The van der Waals surface area contributed by atoms with Gasteiger partial charge in [-0.25, -0.2) is 0 Å². The molecular formula is C17H23N3. The van der Waals surface area contributed by atoms with Crippen LogP contribution in [0.2, 0.25) is 0 Å². The van der Waals surface area contributed by atoms with E-state index in [-0.39, 0.29) is 0 Å². The van der Waals surface area contributed by atoms with Gasteiger partial charge in [-0.1, -0.05) is 6.07 Å². The van der Waals surface area contributed by atoms with Crippen LogP contribution in [-0.2, 0) is 12.8 Å². The van der Waals surface area contributed by atoms with Gasteiger partial charge in [0.05, 0.1) is 5.52 Å². The van der Waals surface area contributed by atoms with Gasteiger partial charge in [-0.3, -0.25) is 4.98 Å². The third-order valence-electron chi connectivity index (χ3n) is 4.01. The molecule has 3 heteroatoms. The van der Waals surface area contributed by atoms with Crippen molar-refractivity contribution in [2.24, 2.45) is 0 Å². The summed E-state index contributed by atoms with van der Waals surface area (Å²) in [7, 11) is 4.26. The van der Waals surface area contributed by atoms with Crippen molar-refractivity contribution in [3.8, 4) is 0 Å². The highest BCUT2D eigenvalue weighted by atomic mass is 15.0. The van der Waals surface area contributed by atoms with Gasteiger partial charge in [0.25, 0.3) is 0 Å². The van der Waals surface area contributed by atoms with Crippen molar-refractivity contribution in [1.29, 1.82) is 0 Å². The molecule has 3 rings (SSSR count). The Kier molecular flexibility index (Phi) is 3.88. The molecule has 0 unspecified atom stereocenters. The highest BCUT2D eigenvalue weighted by Crippen LogP contribution is 2.30. The molecule has 0 saturated heterocycles. The topological polar surface area (TPSA) is 28.2 Å². The maximum atomic E-state index is 4.60. The number of benzene rings is 1. The minimum atomic E-state index is 1.08. The second-order valence-corrected chi connectivity index (χ2v) is 5.95. The molecule has 1 N–H and O–H groups in total. The third kappa shape index (κ3) is 2.78. The predicted molar refractivity (Wildman–Crippen MR) is 85.4 cm³/mol. The second-order valence-electron chi connectivity index (χ2n) is 5.95. The van der Waals surface area contributed by atoms with Crippen molar-refractivity contribution in [2.45, 2.75) is 25.7 Å². The normalized spacial score (nSPS) is 14.3. The van der Waals surface area contributed by atoms with E-state index in [9.17, 15) is 0 Å². The van der Waals surface area contributed by atoms with Gasteiger partial charge in [-0.05, 0) is 69.6 Å². The summed E-state index contributed by atoms with van der Waals surface area (Å²) >= 11 is 0. The molecule has 0 atom stereocenters. The fourth-order valence-electron chi connectivity index (χ4n) is 2.93. The van der Waals surface area contributed by atoms with E-state index in [0.29, 0.717) is 0 Å². The van der Waals surface area contributed by atoms with Gasteiger partial charge in [-0.2, -0.15) is 0 Å². The smallest absolute Gasteiger partial charge is 0.0723 e. The van der Waals surface area contributed by atoms with Gasteiger partial charge in [0.2, 0.25) is 0 Å². The van der Waals surface area contributed by atoms with E-state index in [0.717, 1.165) is 31.4 Å². The van der Waals surface area contributed by atoms with E-state index < -0.39 is 0 Å². The summed E-state index contributed by atoms with van der Waals surface area (Å²) in [5.41, 5.74) is 5.21. The van der Waals surface area contributed by atoms with Crippen LogP contribution in [-0.4, -0.2) is 37.1 Å². The fourth-order valence-corrected chi connectivity index (χ4v) is 2.93. The van der Waals surface area contributed by atoms with Crippen LogP contribution in [0.15, 0.2) is 24.4 Å². The Morgan fingerprint density at radius 1 is 1.30 bits per heavy atom. The van der Waals surface area contributed by atoms with Gasteiger partial charge in [0, 0.05) is 23.8 Å². The molecule has 1 aliphatic heterocycles. The van der Waals surface area contributed by atoms with E-state index in [1.54, 1.807) is 0 Å². The standard InChI is InChI=1S/C17H23N3/c1-20(2)10-4-5-13-7-8-16-15(11-13)17-14(12-19-16)6-3-9-18-17/h7-8,11-12,18H,3-6,9-10H2,1-2H3. The molecule has 0 amide bonds. The molecular weight excluding hydrogens is 246 g/mol. The van der Waals surface area contributed by atoms with E-state index in [4.69, 9.17) is 0 Å². The molecule has 1 aromatic heterocycles. The lowest BCUT2D eigenvalue weighted by molar-refractivity contribution is 0.400. The monoisotopic (exact) mass is 269 g/mol. The van der Waals surface area contributed by atoms with Crippen molar-refractivity contribution in [2.75, 3.05) is 32.5 Å². The zero-order chi connectivity index (χ0) is 13.9. The lowest BCUT2D eigenvalue weighted by Crippen LogP contribution is -2.13. The highest BCUT2D eigenvalue weighted by molar-refractivity contribution is 5.93.